The number of aromatic nitrogens is 12. The average molecular weight is 1080 g/mol. The van der Waals surface area contributed by atoms with Gasteiger partial charge in [0.2, 0.25) is 17.8 Å². The lowest BCUT2D eigenvalue weighted by Gasteiger charge is -2.30. The average Bonchev–Trinajstić information content (AvgIpc) is 4.37. The highest BCUT2D eigenvalue weighted by Crippen LogP contribution is 2.41. The second-order valence-electron chi connectivity index (χ2n) is 21.7. The van der Waals surface area contributed by atoms with E-state index in [1.807, 2.05) is 191 Å². The fraction of sp³-hybridized carbons (Fsp3) is 0.288. The first-order valence-electron chi connectivity index (χ1n) is 26.1. The van der Waals surface area contributed by atoms with Crippen LogP contribution in [0.25, 0.3) is 32.3 Å². The first-order valence-corrected chi connectivity index (χ1v) is 26.1. The summed E-state index contributed by atoms with van der Waals surface area (Å²) < 4.78 is 21.7. The molecule has 80 heavy (non-hydrogen) atoms. The van der Waals surface area contributed by atoms with Gasteiger partial charge in [-0.05, 0) is 163 Å². The predicted molar refractivity (Wildman–Crippen MR) is 302 cm³/mol. The molecule has 0 amide bonds. The molecule has 6 aromatic carbocycles. The predicted octanol–water partition coefficient (Wildman–Crippen LogP) is 9.98. The molecule has 12 rings (SSSR count). The smallest absolute Gasteiger partial charge is 0.338 e. The van der Waals surface area contributed by atoms with Gasteiger partial charge in [0.1, 0.15) is 29.3 Å². The van der Waals surface area contributed by atoms with E-state index in [-0.39, 0.29) is 24.0 Å². The van der Waals surface area contributed by atoms with Gasteiger partial charge in [0.05, 0.1) is 22.8 Å². The molecule has 0 aliphatic carbocycles. The molecule has 0 radical (unpaired) electrons. The Morgan fingerprint density at radius 1 is 0.463 bits per heavy atom. The molecule has 0 spiro atoms. The summed E-state index contributed by atoms with van der Waals surface area (Å²) in [6, 6.07) is 41.0. The number of esters is 3. The summed E-state index contributed by atoms with van der Waals surface area (Å²) in [5.74, 6) is 0.361. The number of tetrazole rings is 3. The van der Waals surface area contributed by atoms with E-state index in [4.69, 9.17) is 14.2 Å². The van der Waals surface area contributed by atoms with E-state index >= 15 is 0 Å². The number of hydrogen-bond acceptors (Lipinski definition) is 18. The van der Waals surface area contributed by atoms with Crippen LogP contribution in [0.15, 0.2) is 161 Å². The Labute approximate surface area is 461 Å². The van der Waals surface area contributed by atoms with Crippen molar-refractivity contribution in [2.45, 2.75) is 112 Å². The van der Waals surface area contributed by atoms with E-state index in [1.54, 1.807) is 14.0 Å². The highest BCUT2D eigenvalue weighted by Gasteiger charge is 2.39. The van der Waals surface area contributed by atoms with Crippen molar-refractivity contribution in [1.29, 1.82) is 0 Å². The van der Waals surface area contributed by atoms with Crippen LogP contribution in [0.4, 0.5) is 17.8 Å². The van der Waals surface area contributed by atoms with Crippen LogP contribution < -0.4 is 16.0 Å². The molecule has 0 saturated heterocycles. The Kier molecular flexibility index (Phi) is 14.5. The summed E-state index contributed by atoms with van der Waals surface area (Å²) in [4.78, 5) is 38.9. The molecule has 3 aromatic heterocycles. The van der Waals surface area contributed by atoms with Gasteiger partial charge < -0.3 is 30.2 Å². The molecule has 408 valence electrons. The first kappa shape index (κ1) is 53.7. The minimum Gasteiger partial charge on any atom is -0.459 e. The summed E-state index contributed by atoms with van der Waals surface area (Å²) in [7, 11) is 0. The van der Waals surface area contributed by atoms with Crippen molar-refractivity contribution in [1.82, 2.24) is 60.6 Å². The highest BCUT2D eigenvalue weighted by molar-refractivity contribution is 5.97. The zero-order chi connectivity index (χ0) is 56.6. The number of anilines is 3. The van der Waals surface area contributed by atoms with Gasteiger partial charge >= 0.3 is 17.9 Å². The van der Waals surface area contributed by atoms with Crippen LogP contribution in [0.3, 0.4) is 0 Å². The second kappa shape index (κ2) is 21.6. The molecule has 3 atom stereocenters. The van der Waals surface area contributed by atoms with E-state index in [9.17, 15) is 14.4 Å². The number of allylic oxidation sites excluding steroid dienone is 3. The van der Waals surface area contributed by atoms with Gasteiger partial charge in [-0.3, -0.25) is 0 Å². The lowest BCUT2D eigenvalue weighted by molar-refractivity contribution is -0.151. The summed E-state index contributed by atoms with van der Waals surface area (Å²) in [6.45, 7) is 20.3. The van der Waals surface area contributed by atoms with E-state index in [0.29, 0.717) is 51.7 Å². The molecule has 21 heteroatoms. The Morgan fingerprint density at radius 3 is 1.27 bits per heavy atom. The number of benzene rings is 6. The van der Waals surface area contributed by atoms with Crippen LogP contribution in [0, 0.1) is 0 Å². The second-order valence-corrected chi connectivity index (χ2v) is 21.7. The van der Waals surface area contributed by atoms with Crippen molar-refractivity contribution in [3.63, 3.8) is 0 Å². The number of carbonyl (C=O) groups excluding carboxylic acids is 3. The van der Waals surface area contributed by atoms with Gasteiger partial charge in [-0.25, -0.2) is 14.4 Å². The number of nitrogens with one attached hydrogen (secondary N) is 3. The minimum absolute atomic E-state index is 0.216. The minimum atomic E-state index is -0.603. The van der Waals surface area contributed by atoms with Crippen molar-refractivity contribution in [2.24, 2.45) is 0 Å². The molecule has 3 N–H and O–H groups in total. The molecule has 9 aromatic rings. The van der Waals surface area contributed by atoms with E-state index < -0.39 is 29.3 Å². The number of nitrogens with zero attached hydrogens (tertiary/aromatic N) is 12. The molecule has 0 saturated carbocycles. The van der Waals surface area contributed by atoms with Gasteiger partial charge in [-0.1, -0.05) is 137 Å². The number of carbonyl (C=O) groups is 3. The zero-order valence-electron chi connectivity index (χ0n) is 46.2. The quantitative estimate of drug-likeness (QED) is 0.0992. The van der Waals surface area contributed by atoms with Gasteiger partial charge in [-0.15, -0.1) is 0 Å². The summed E-state index contributed by atoms with van der Waals surface area (Å²) in [6.07, 6.45) is -0.216. The van der Waals surface area contributed by atoms with Crippen molar-refractivity contribution >= 4 is 68.1 Å². The maximum atomic E-state index is 13.1. The third-order valence-corrected chi connectivity index (χ3v) is 13.3. The normalized spacial score (nSPS) is 16.7. The molecule has 3 unspecified atom stereocenters. The standard InChI is InChI=1S/2C20H21N5O2.C19H19N5O2/c1-12-16(18(26)27-20(2,3)4)17(25-19(21-12)22-23-24-25)15-11-7-9-13-8-5-6-10-14(13)15;1-12-16(18(26)27-20(2,3)4)17(25-19(21-12)22-23-24-25)15-10-9-13-7-5-6-8-14(13)11-15;1-11(2)26-18(25)16-12(3)20-19-21-22-23-24(19)17(16)15-10-6-8-13-7-4-5-9-14(13)15/h2*5-11,17H,1-4H3,(H,21,22,24);4-11,17H,1-3H3,(H,20,21,23). The summed E-state index contributed by atoms with van der Waals surface area (Å²) in [5, 5.41) is 51.6. The molecular formula is C59H61N15O6. The lowest BCUT2D eigenvalue weighted by atomic mass is 9.91. The van der Waals surface area contributed by atoms with Crippen molar-refractivity contribution in [2.75, 3.05) is 16.0 Å². The summed E-state index contributed by atoms with van der Waals surface area (Å²) in [5.41, 5.74) is 5.19. The molecular weight excluding hydrogens is 1010 g/mol. The maximum Gasteiger partial charge on any atom is 0.338 e. The van der Waals surface area contributed by atoms with E-state index in [0.717, 1.165) is 49.0 Å². The molecule has 3 aliphatic rings. The van der Waals surface area contributed by atoms with Crippen molar-refractivity contribution in [3.05, 3.63) is 178 Å². The SMILES string of the molecule is CC1=C(C(=O)OC(C)(C)C)C(c2ccc3ccccc3c2)n2nnnc2N1.CC1=C(C(=O)OC(C)(C)C)C(c2cccc3ccccc23)n2nnnc2N1.CC1=C(C(=O)OC(C)C)C(c2cccc3ccccc23)n2nnnc2N1. The Balaban J connectivity index is 0.000000135. The Hall–Kier alpha value is -9.66. The van der Waals surface area contributed by atoms with Crippen LogP contribution in [-0.4, -0.2) is 95.8 Å². The molecule has 3 aliphatic heterocycles. The molecule has 6 heterocycles. The van der Waals surface area contributed by atoms with Gasteiger partial charge in [-0.2, -0.15) is 14.0 Å². The number of ether oxygens (including phenoxy) is 3. The summed E-state index contributed by atoms with van der Waals surface area (Å²) >= 11 is 0. The monoisotopic (exact) mass is 1080 g/mol. The molecule has 0 fully saturated rings. The third kappa shape index (κ3) is 10.9. The van der Waals surface area contributed by atoms with Crippen LogP contribution in [0.1, 0.15) is 111 Å². The Bertz CT molecular complexity index is 3930. The van der Waals surface area contributed by atoms with E-state index in [1.165, 1.54) is 0 Å². The Morgan fingerprint density at radius 2 is 0.838 bits per heavy atom. The first-order chi connectivity index (χ1) is 38.2. The maximum absolute atomic E-state index is 13.1. The molecule has 0 bridgehead atoms. The fourth-order valence-corrected chi connectivity index (χ4v) is 10.0. The highest BCUT2D eigenvalue weighted by atomic mass is 16.6. The van der Waals surface area contributed by atoms with Gasteiger partial charge in [0, 0.05) is 17.1 Å². The number of hydrogen-bond donors (Lipinski definition) is 3. The van der Waals surface area contributed by atoms with Gasteiger partial charge in [0.25, 0.3) is 0 Å². The van der Waals surface area contributed by atoms with Gasteiger partial charge in [0.15, 0.2) is 0 Å². The third-order valence-electron chi connectivity index (χ3n) is 13.3. The molecule has 21 nitrogen and oxygen atoms in total. The zero-order valence-corrected chi connectivity index (χ0v) is 46.2. The number of rotatable bonds is 7. The van der Waals surface area contributed by atoms with Crippen LogP contribution in [0.5, 0.6) is 0 Å². The van der Waals surface area contributed by atoms with Crippen molar-refractivity contribution in [3.8, 4) is 0 Å². The largest absolute Gasteiger partial charge is 0.459 e. The van der Waals surface area contributed by atoms with E-state index in [2.05, 4.69) is 74.7 Å². The van der Waals surface area contributed by atoms with Crippen molar-refractivity contribution < 1.29 is 28.6 Å². The topological polar surface area (TPSA) is 246 Å². The van der Waals surface area contributed by atoms with Crippen LogP contribution in [0.2, 0.25) is 0 Å². The fourth-order valence-electron chi connectivity index (χ4n) is 10.0. The van der Waals surface area contributed by atoms with Crippen LogP contribution in [-0.2, 0) is 28.6 Å². The lowest BCUT2D eigenvalue weighted by Crippen LogP contribution is -2.33. The number of fused-ring (bicyclic) bond motifs is 6. The van der Waals surface area contributed by atoms with Crippen LogP contribution >= 0.6 is 0 Å².